The minimum Gasteiger partial charge on any atom is -0.478 e. The SMILES string of the molecule is Cc1ccc2c(c1)NC(=O)C(CC(=O)Nc1cnn(Cc3ccccc3)c1)O2. The molecule has 2 amide bonds. The topological polar surface area (TPSA) is 85.3 Å². The van der Waals surface area contributed by atoms with Crippen molar-refractivity contribution in [1.82, 2.24) is 9.78 Å². The largest absolute Gasteiger partial charge is 0.478 e. The summed E-state index contributed by atoms with van der Waals surface area (Å²) in [6.07, 6.45) is 2.39. The maximum Gasteiger partial charge on any atom is 0.266 e. The number of carbonyl (C=O) groups is 2. The normalized spacial score (nSPS) is 15.3. The number of rotatable bonds is 5. The average molecular weight is 376 g/mol. The number of aryl methyl sites for hydroxylation is 1. The summed E-state index contributed by atoms with van der Waals surface area (Å²) in [6.45, 7) is 2.55. The molecular weight excluding hydrogens is 356 g/mol. The zero-order chi connectivity index (χ0) is 19.5. The van der Waals surface area contributed by atoms with Gasteiger partial charge in [-0.2, -0.15) is 5.10 Å². The quantitative estimate of drug-likeness (QED) is 0.717. The Balaban J connectivity index is 1.36. The first kappa shape index (κ1) is 17.8. The maximum atomic E-state index is 12.4. The van der Waals surface area contributed by atoms with E-state index in [1.165, 1.54) is 0 Å². The summed E-state index contributed by atoms with van der Waals surface area (Å²) in [5.74, 6) is -0.0679. The predicted octanol–water partition coefficient (Wildman–Crippen LogP) is 2.97. The summed E-state index contributed by atoms with van der Waals surface area (Å²) in [4.78, 5) is 24.6. The lowest BCUT2D eigenvalue weighted by Gasteiger charge is -2.25. The molecule has 0 saturated carbocycles. The highest BCUT2D eigenvalue weighted by molar-refractivity contribution is 6.02. The number of nitrogens with one attached hydrogen (secondary N) is 2. The average Bonchev–Trinajstić information content (AvgIpc) is 3.10. The molecule has 0 radical (unpaired) electrons. The minimum absolute atomic E-state index is 0.0803. The third kappa shape index (κ3) is 4.03. The number of ether oxygens (including phenoxy) is 1. The van der Waals surface area contributed by atoms with Crippen molar-refractivity contribution in [3.63, 3.8) is 0 Å². The Hall–Kier alpha value is -3.61. The van der Waals surface area contributed by atoms with Gasteiger partial charge in [0.25, 0.3) is 5.91 Å². The zero-order valence-corrected chi connectivity index (χ0v) is 15.4. The number of anilines is 2. The third-order valence-electron chi connectivity index (χ3n) is 4.43. The summed E-state index contributed by atoms with van der Waals surface area (Å²) < 4.78 is 7.44. The molecule has 2 aromatic carbocycles. The Labute approximate surface area is 162 Å². The van der Waals surface area contributed by atoms with Crippen molar-refractivity contribution < 1.29 is 14.3 Å². The molecule has 1 atom stereocenters. The van der Waals surface area contributed by atoms with Crippen molar-refractivity contribution in [2.45, 2.75) is 26.0 Å². The monoisotopic (exact) mass is 376 g/mol. The smallest absolute Gasteiger partial charge is 0.266 e. The summed E-state index contributed by atoms with van der Waals surface area (Å²) in [5.41, 5.74) is 3.34. The van der Waals surface area contributed by atoms with Crippen molar-refractivity contribution in [1.29, 1.82) is 0 Å². The Morgan fingerprint density at radius 1 is 1.25 bits per heavy atom. The van der Waals surface area contributed by atoms with Gasteiger partial charge in [0.15, 0.2) is 6.10 Å². The van der Waals surface area contributed by atoms with Gasteiger partial charge in [0.2, 0.25) is 5.91 Å². The van der Waals surface area contributed by atoms with E-state index in [9.17, 15) is 9.59 Å². The maximum absolute atomic E-state index is 12.4. The van der Waals surface area contributed by atoms with E-state index in [4.69, 9.17) is 4.74 Å². The van der Waals surface area contributed by atoms with Crippen LogP contribution in [-0.2, 0) is 16.1 Å². The van der Waals surface area contributed by atoms with Crippen molar-refractivity contribution >= 4 is 23.2 Å². The van der Waals surface area contributed by atoms with Crippen LogP contribution in [0.5, 0.6) is 5.75 Å². The Bertz CT molecular complexity index is 1010. The van der Waals surface area contributed by atoms with Gasteiger partial charge in [-0.3, -0.25) is 14.3 Å². The molecule has 0 spiro atoms. The van der Waals surface area contributed by atoms with E-state index in [0.717, 1.165) is 11.1 Å². The number of nitrogens with zero attached hydrogens (tertiary/aromatic N) is 2. The Kier molecular flexibility index (Phi) is 4.80. The number of hydrogen-bond donors (Lipinski definition) is 2. The lowest BCUT2D eigenvalue weighted by molar-refractivity contribution is -0.128. The third-order valence-corrected chi connectivity index (χ3v) is 4.43. The molecule has 0 bridgehead atoms. The van der Waals surface area contributed by atoms with Gasteiger partial charge in [-0.1, -0.05) is 36.4 Å². The molecule has 2 N–H and O–H groups in total. The molecule has 0 aliphatic carbocycles. The zero-order valence-electron chi connectivity index (χ0n) is 15.4. The molecule has 2 heterocycles. The van der Waals surface area contributed by atoms with Crippen molar-refractivity contribution in [3.8, 4) is 5.75 Å². The van der Waals surface area contributed by atoms with Crippen LogP contribution < -0.4 is 15.4 Å². The van der Waals surface area contributed by atoms with Crippen LogP contribution in [0.3, 0.4) is 0 Å². The molecule has 1 aliphatic heterocycles. The second-order valence-corrected chi connectivity index (χ2v) is 6.76. The molecule has 3 aromatic rings. The minimum atomic E-state index is -0.866. The van der Waals surface area contributed by atoms with E-state index in [1.54, 1.807) is 23.1 Å². The first-order chi connectivity index (χ1) is 13.6. The molecule has 142 valence electrons. The highest BCUT2D eigenvalue weighted by Gasteiger charge is 2.29. The van der Waals surface area contributed by atoms with Crippen LogP contribution in [-0.4, -0.2) is 27.7 Å². The van der Waals surface area contributed by atoms with Gasteiger partial charge in [0, 0.05) is 6.20 Å². The van der Waals surface area contributed by atoms with Crippen molar-refractivity contribution in [2.75, 3.05) is 10.6 Å². The molecule has 7 heteroatoms. The summed E-state index contributed by atoms with van der Waals surface area (Å²) in [7, 11) is 0. The number of benzene rings is 2. The van der Waals surface area contributed by atoms with Crippen LogP contribution in [0.25, 0.3) is 0 Å². The number of amides is 2. The first-order valence-corrected chi connectivity index (χ1v) is 9.01. The molecule has 4 rings (SSSR count). The van der Waals surface area contributed by atoms with Gasteiger partial charge in [-0.05, 0) is 30.2 Å². The highest BCUT2D eigenvalue weighted by Crippen LogP contribution is 2.31. The first-order valence-electron chi connectivity index (χ1n) is 9.01. The van der Waals surface area contributed by atoms with Gasteiger partial charge < -0.3 is 15.4 Å². The fraction of sp³-hybridized carbons (Fsp3) is 0.190. The number of hydrogen-bond acceptors (Lipinski definition) is 4. The molecule has 1 unspecified atom stereocenters. The molecule has 28 heavy (non-hydrogen) atoms. The molecule has 7 nitrogen and oxygen atoms in total. The van der Waals surface area contributed by atoms with Crippen LogP contribution in [0.2, 0.25) is 0 Å². The standard InChI is InChI=1S/C21H20N4O3/c1-14-7-8-18-17(9-14)24-21(27)19(28-18)10-20(26)23-16-11-22-25(13-16)12-15-5-3-2-4-6-15/h2-9,11,13,19H,10,12H2,1H3,(H,23,26)(H,24,27). The predicted molar refractivity (Wildman–Crippen MR) is 105 cm³/mol. The summed E-state index contributed by atoms with van der Waals surface area (Å²) >= 11 is 0. The van der Waals surface area contributed by atoms with E-state index < -0.39 is 6.10 Å². The van der Waals surface area contributed by atoms with E-state index in [0.29, 0.717) is 23.7 Å². The summed E-state index contributed by atoms with van der Waals surface area (Å²) in [6, 6.07) is 15.5. The molecule has 0 fully saturated rings. The Morgan fingerprint density at radius 2 is 2.07 bits per heavy atom. The van der Waals surface area contributed by atoms with E-state index in [-0.39, 0.29) is 18.2 Å². The Morgan fingerprint density at radius 3 is 2.89 bits per heavy atom. The molecule has 1 aliphatic rings. The van der Waals surface area contributed by atoms with Crippen molar-refractivity contribution in [2.24, 2.45) is 0 Å². The molecule has 1 aromatic heterocycles. The molecule has 0 saturated heterocycles. The van der Waals surface area contributed by atoms with E-state index >= 15 is 0 Å². The fourth-order valence-corrected chi connectivity index (χ4v) is 3.06. The van der Waals surface area contributed by atoms with Gasteiger partial charge in [-0.25, -0.2) is 0 Å². The highest BCUT2D eigenvalue weighted by atomic mass is 16.5. The number of carbonyl (C=O) groups excluding carboxylic acids is 2. The number of aromatic nitrogens is 2. The van der Waals surface area contributed by atoms with E-state index in [2.05, 4.69) is 15.7 Å². The van der Waals surface area contributed by atoms with Crippen LogP contribution >= 0.6 is 0 Å². The van der Waals surface area contributed by atoms with Gasteiger partial charge in [0.05, 0.1) is 30.5 Å². The van der Waals surface area contributed by atoms with Gasteiger partial charge in [-0.15, -0.1) is 0 Å². The lowest BCUT2D eigenvalue weighted by atomic mass is 10.1. The van der Waals surface area contributed by atoms with Gasteiger partial charge >= 0.3 is 0 Å². The molecular formula is C21H20N4O3. The van der Waals surface area contributed by atoms with Crippen molar-refractivity contribution in [3.05, 3.63) is 72.1 Å². The fourth-order valence-electron chi connectivity index (χ4n) is 3.06. The second-order valence-electron chi connectivity index (χ2n) is 6.76. The van der Waals surface area contributed by atoms with Crippen LogP contribution in [0, 0.1) is 6.92 Å². The van der Waals surface area contributed by atoms with Crippen LogP contribution in [0.4, 0.5) is 11.4 Å². The number of fused-ring (bicyclic) bond motifs is 1. The van der Waals surface area contributed by atoms with Crippen LogP contribution in [0.15, 0.2) is 60.9 Å². The van der Waals surface area contributed by atoms with E-state index in [1.807, 2.05) is 49.4 Å². The lowest BCUT2D eigenvalue weighted by Crippen LogP contribution is -2.39. The van der Waals surface area contributed by atoms with Crippen LogP contribution in [0.1, 0.15) is 17.5 Å². The summed E-state index contributed by atoms with van der Waals surface area (Å²) in [5, 5.41) is 9.81. The van der Waals surface area contributed by atoms with Gasteiger partial charge in [0.1, 0.15) is 5.75 Å². The second kappa shape index (κ2) is 7.56.